The second-order valence-corrected chi connectivity index (χ2v) is 4.66. The summed E-state index contributed by atoms with van der Waals surface area (Å²) in [6, 6.07) is 7.09. The Hall–Kier alpha value is -1.51. The van der Waals surface area contributed by atoms with Crippen LogP contribution in [0.1, 0.15) is 38.7 Å². The Morgan fingerprint density at radius 3 is 2.69 bits per heavy atom. The molecule has 3 heteroatoms. The van der Waals surface area contributed by atoms with Crippen LogP contribution in [0.25, 0.3) is 0 Å². The van der Waals surface area contributed by atoms with Gasteiger partial charge in [0.25, 0.3) is 0 Å². The molecular weight excluding hydrogens is 204 g/mol. The van der Waals surface area contributed by atoms with Gasteiger partial charge in [-0.1, -0.05) is 26.0 Å². The molecule has 0 saturated heterocycles. The summed E-state index contributed by atoms with van der Waals surface area (Å²) in [6.07, 6.45) is 1.43. The topological polar surface area (TPSA) is 60.4 Å². The van der Waals surface area contributed by atoms with E-state index in [2.05, 4.69) is 0 Å². The van der Waals surface area contributed by atoms with Gasteiger partial charge in [-0.15, -0.1) is 0 Å². The summed E-state index contributed by atoms with van der Waals surface area (Å²) in [5.41, 5.74) is 0.889. The number of carboxylic acids is 1. The van der Waals surface area contributed by atoms with E-state index in [1.165, 1.54) is 0 Å². The molecule has 88 valence electrons. The van der Waals surface area contributed by atoms with Gasteiger partial charge in [-0.25, -0.2) is 0 Å². The molecule has 0 spiro atoms. The molecule has 0 radical (unpaired) electrons. The molecule has 0 amide bonds. The SMILES string of the molecule is CC(C)(CCCC(=O)[O-])c1cccc(O)c1. The molecule has 0 fully saturated rings. The highest BCUT2D eigenvalue weighted by Gasteiger charge is 2.20. The number of phenolic OH excluding ortho intramolecular Hbond substituents is 1. The van der Waals surface area contributed by atoms with Crippen LogP contribution >= 0.6 is 0 Å². The van der Waals surface area contributed by atoms with Gasteiger partial charge < -0.3 is 15.0 Å². The van der Waals surface area contributed by atoms with Crippen molar-refractivity contribution in [1.29, 1.82) is 0 Å². The number of carboxylic acid groups (broad SMARTS) is 1. The van der Waals surface area contributed by atoms with Crippen molar-refractivity contribution < 1.29 is 15.0 Å². The molecule has 0 bridgehead atoms. The predicted molar refractivity (Wildman–Crippen MR) is 60.0 cm³/mol. The number of aromatic hydroxyl groups is 1. The van der Waals surface area contributed by atoms with Crippen LogP contribution in [-0.4, -0.2) is 11.1 Å². The Balaban J connectivity index is 2.66. The minimum absolute atomic E-state index is 0.0856. The van der Waals surface area contributed by atoms with Crippen LogP contribution in [0, 0.1) is 0 Å². The van der Waals surface area contributed by atoms with E-state index in [0.717, 1.165) is 12.0 Å². The fourth-order valence-corrected chi connectivity index (χ4v) is 1.75. The lowest BCUT2D eigenvalue weighted by atomic mass is 9.80. The lowest BCUT2D eigenvalue weighted by molar-refractivity contribution is -0.305. The van der Waals surface area contributed by atoms with Crippen molar-refractivity contribution in [3.8, 4) is 5.75 Å². The average molecular weight is 221 g/mol. The van der Waals surface area contributed by atoms with E-state index in [4.69, 9.17) is 0 Å². The van der Waals surface area contributed by atoms with E-state index < -0.39 is 5.97 Å². The van der Waals surface area contributed by atoms with Crippen LogP contribution in [0.15, 0.2) is 24.3 Å². The molecular formula is C13H17O3-. The van der Waals surface area contributed by atoms with Gasteiger partial charge in [0.2, 0.25) is 0 Å². The largest absolute Gasteiger partial charge is 0.550 e. The van der Waals surface area contributed by atoms with Crippen molar-refractivity contribution in [3.05, 3.63) is 29.8 Å². The third-order valence-electron chi connectivity index (χ3n) is 2.81. The number of carbonyl (C=O) groups excluding carboxylic acids is 1. The second kappa shape index (κ2) is 5.01. The van der Waals surface area contributed by atoms with E-state index in [0.29, 0.717) is 6.42 Å². The Labute approximate surface area is 95.7 Å². The van der Waals surface area contributed by atoms with E-state index in [9.17, 15) is 15.0 Å². The lowest BCUT2D eigenvalue weighted by Gasteiger charge is -2.25. The van der Waals surface area contributed by atoms with Crippen molar-refractivity contribution >= 4 is 5.97 Å². The molecule has 0 heterocycles. The molecule has 0 saturated carbocycles. The summed E-state index contributed by atoms with van der Waals surface area (Å²) in [4.78, 5) is 10.3. The normalized spacial score (nSPS) is 11.4. The molecule has 1 rings (SSSR count). The zero-order valence-electron chi connectivity index (χ0n) is 9.69. The summed E-state index contributed by atoms with van der Waals surface area (Å²) in [5, 5.41) is 19.7. The van der Waals surface area contributed by atoms with E-state index >= 15 is 0 Å². The molecule has 0 atom stereocenters. The van der Waals surface area contributed by atoms with Gasteiger partial charge in [-0.2, -0.15) is 0 Å². The van der Waals surface area contributed by atoms with Gasteiger partial charge >= 0.3 is 0 Å². The fraction of sp³-hybridized carbons (Fsp3) is 0.462. The lowest BCUT2D eigenvalue weighted by Crippen LogP contribution is -2.23. The van der Waals surface area contributed by atoms with Gasteiger partial charge in [0, 0.05) is 5.97 Å². The first-order valence-electron chi connectivity index (χ1n) is 5.41. The maximum atomic E-state index is 10.3. The minimum atomic E-state index is -1.01. The van der Waals surface area contributed by atoms with Crippen molar-refractivity contribution in [2.45, 2.75) is 38.5 Å². The molecule has 0 aliphatic carbocycles. The Kier molecular flexibility index (Phi) is 3.93. The van der Waals surface area contributed by atoms with Crippen LogP contribution < -0.4 is 5.11 Å². The summed E-state index contributed by atoms with van der Waals surface area (Å²) in [5.74, 6) is -0.766. The Morgan fingerprint density at radius 2 is 2.12 bits per heavy atom. The molecule has 16 heavy (non-hydrogen) atoms. The van der Waals surface area contributed by atoms with Crippen LogP contribution in [0.4, 0.5) is 0 Å². The summed E-state index contributed by atoms with van der Waals surface area (Å²) in [6.45, 7) is 4.08. The van der Waals surface area contributed by atoms with Crippen LogP contribution in [0.2, 0.25) is 0 Å². The molecule has 3 nitrogen and oxygen atoms in total. The Morgan fingerprint density at radius 1 is 1.44 bits per heavy atom. The maximum absolute atomic E-state index is 10.3. The monoisotopic (exact) mass is 221 g/mol. The first-order chi connectivity index (χ1) is 7.42. The minimum Gasteiger partial charge on any atom is -0.550 e. The van der Waals surface area contributed by atoms with Gasteiger partial charge in [-0.3, -0.25) is 0 Å². The average Bonchev–Trinajstić information content (AvgIpc) is 2.16. The number of phenols is 1. The standard InChI is InChI=1S/C13H18O3/c1-13(2,8-4-7-12(15)16)10-5-3-6-11(14)9-10/h3,5-6,9,14H,4,7-8H2,1-2H3,(H,15,16)/p-1. The molecule has 0 aliphatic rings. The number of hydrogen-bond donors (Lipinski definition) is 1. The van der Waals surface area contributed by atoms with Crippen LogP contribution in [-0.2, 0) is 10.2 Å². The quantitative estimate of drug-likeness (QED) is 0.821. The number of hydrogen-bond acceptors (Lipinski definition) is 3. The number of benzene rings is 1. The van der Waals surface area contributed by atoms with E-state index in [1.54, 1.807) is 18.2 Å². The van der Waals surface area contributed by atoms with Gasteiger partial charge in [-0.05, 0) is 42.4 Å². The molecule has 0 aromatic heterocycles. The first-order valence-corrected chi connectivity index (χ1v) is 5.41. The first kappa shape index (κ1) is 12.6. The summed E-state index contributed by atoms with van der Waals surface area (Å²) < 4.78 is 0. The third-order valence-corrected chi connectivity index (χ3v) is 2.81. The zero-order chi connectivity index (χ0) is 12.2. The molecule has 0 unspecified atom stereocenters. The van der Waals surface area contributed by atoms with Crippen molar-refractivity contribution in [2.24, 2.45) is 0 Å². The highest BCUT2D eigenvalue weighted by atomic mass is 16.4. The highest BCUT2D eigenvalue weighted by molar-refractivity contribution is 5.64. The van der Waals surface area contributed by atoms with E-state index in [-0.39, 0.29) is 17.6 Å². The maximum Gasteiger partial charge on any atom is 0.115 e. The number of aliphatic carboxylic acids is 1. The number of rotatable bonds is 5. The van der Waals surface area contributed by atoms with E-state index in [1.807, 2.05) is 19.9 Å². The molecule has 0 aliphatic heterocycles. The van der Waals surface area contributed by atoms with Crippen LogP contribution in [0.5, 0.6) is 5.75 Å². The molecule has 1 N–H and O–H groups in total. The van der Waals surface area contributed by atoms with Crippen molar-refractivity contribution in [2.75, 3.05) is 0 Å². The van der Waals surface area contributed by atoms with Crippen molar-refractivity contribution in [3.63, 3.8) is 0 Å². The highest BCUT2D eigenvalue weighted by Crippen LogP contribution is 2.30. The summed E-state index contributed by atoms with van der Waals surface area (Å²) in [7, 11) is 0. The molecule has 1 aromatic carbocycles. The smallest absolute Gasteiger partial charge is 0.115 e. The fourth-order valence-electron chi connectivity index (χ4n) is 1.75. The summed E-state index contributed by atoms with van der Waals surface area (Å²) >= 11 is 0. The second-order valence-electron chi connectivity index (χ2n) is 4.66. The molecule has 1 aromatic rings. The predicted octanol–water partition coefficient (Wildman–Crippen LogP) is 1.59. The van der Waals surface area contributed by atoms with Crippen molar-refractivity contribution in [1.82, 2.24) is 0 Å². The van der Waals surface area contributed by atoms with Gasteiger partial charge in [0.1, 0.15) is 5.75 Å². The third kappa shape index (κ3) is 3.57. The van der Waals surface area contributed by atoms with Gasteiger partial charge in [0.05, 0.1) is 0 Å². The van der Waals surface area contributed by atoms with Gasteiger partial charge in [0.15, 0.2) is 0 Å². The number of carbonyl (C=O) groups is 1. The van der Waals surface area contributed by atoms with Crippen LogP contribution in [0.3, 0.4) is 0 Å². The zero-order valence-corrected chi connectivity index (χ0v) is 9.69. The Bertz CT molecular complexity index is 369.